The van der Waals surface area contributed by atoms with Crippen LogP contribution in [0.25, 0.3) is 5.69 Å². The minimum absolute atomic E-state index is 0.115. The second-order valence-electron chi connectivity index (χ2n) is 7.34. The molecule has 29 heavy (non-hydrogen) atoms. The first-order valence-corrected chi connectivity index (χ1v) is 12.0. The lowest BCUT2D eigenvalue weighted by molar-refractivity contribution is 0.0697. The Bertz CT molecular complexity index is 1020. The van der Waals surface area contributed by atoms with Gasteiger partial charge in [0, 0.05) is 24.4 Å². The van der Waals surface area contributed by atoms with Gasteiger partial charge in [0.25, 0.3) is 5.91 Å². The lowest BCUT2D eigenvalue weighted by atomic mass is 9.98. The average molecular weight is 442 g/mol. The van der Waals surface area contributed by atoms with Crippen molar-refractivity contribution in [1.82, 2.24) is 14.7 Å². The Kier molecular flexibility index (Phi) is 6.47. The SMILES string of the molecule is CC1CCN(C(=O)c2ccc(-n3nc(SCc4ccccc4)sc3=S)cc2)CC1. The molecular formula is C22H23N3OS3. The maximum Gasteiger partial charge on any atom is 0.253 e. The molecule has 0 N–H and O–H groups in total. The molecule has 0 saturated carbocycles. The minimum atomic E-state index is 0.115. The van der Waals surface area contributed by atoms with Gasteiger partial charge >= 0.3 is 0 Å². The van der Waals surface area contributed by atoms with Crippen LogP contribution in [0.4, 0.5) is 0 Å². The van der Waals surface area contributed by atoms with E-state index in [1.54, 1.807) is 16.4 Å². The Hall–Kier alpha value is -1.96. The number of piperidine rings is 1. The topological polar surface area (TPSA) is 38.1 Å². The van der Waals surface area contributed by atoms with E-state index in [-0.39, 0.29) is 5.91 Å². The fourth-order valence-corrected chi connectivity index (χ4v) is 5.66. The summed E-state index contributed by atoms with van der Waals surface area (Å²) in [5.41, 5.74) is 2.88. The number of thioether (sulfide) groups is 1. The number of carbonyl (C=O) groups is 1. The van der Waals surface area contributed by atoms with Gasteiger partial charge in [0.1, 0.15) is 0 Å². The monoisotopic (exact) mass is 441 g/mol. The van der Waals surface area contributed by atoms with E-state index < -0.39 is 0 Å². The van der Waals surface area contributed by atoms with E-state index in [1.807, 2.05) is 47.4 Å². The molecule has 1 saturated heterocycles. The van der Waals surface area contributed by atoms with Crippen LogP contribution in [0.3, 0.4) is 0 Å². The highest BCUT2D eigenvalue weighted by Gasteiger charge is 2.21. The number of nitrogens with zero attached hydrogens (tertiary/aromatic N) is 3. The zero-order valence-electron chi connectivity index (χ0n) is 16.3. The maximum atomic E-state index is 12.7. The molecule has 1 aliphatic rings. The van der Waals surface area contributed by atoms with Crippen LogP contribution >= 0.6 is 35.3 Å². The van der Waals surface area contributed by atoms with Gasteiger partial charge in [-0.05, 0) is 60.8 Å². The fraction of sp³-hybridized carbons (Fsp3) is 0.318. The molecule has 1 aliphatic heterocycles. The zero-order chi connectivity index (χ0) is 20.2. The van der Waals surface area contributed by atoms with Crippen LogP contribution in [-0.4, -0.2) is 33.7 Å². The number of hydrogen-bond donors (Lipinski definition) is 0. The number of carbonyl (C=O) groups excluding carboxylic acids is 1. The highest BCUT2D eigenvalue weighted by atomic mass is 32.2. The predicted molar refractivity (Wildman–Crippen MR) is 123 cm³/mol. The molecule has 0 radical (unpaired) electrons. The Morgan fingerprint density at radius 3 is 2.52 bits per heavy atom. The summed E-state index contributed by atoms with van der Waals surface area (Å²) in [6, 6.07) is 18.0. The first-order chi connectivity index (χ1) is 14.1. The van der Waals surface area contributed by atoms with Gasteiger partial charge in [-0.1, -0.05) is 60.4 Å². The smallest absolute Gasteiger partial charge is 0.253 e. The molecule has 0 bridgehead atoms. The van der Waals surface area contributed by atoms with Gasteiger partial charge in [-0.25, -0.2) is 4.68 Å². The molecule has 2 heterocycles. The van der Waals surface area contributed by atoms with E-state index in [4.69, 9.17) is 12.2 Å². The van der Waals surface area contributed by atoms with Crippen molar-refractivity contribution in [3.63, 3.8) is 0 Å². The molecule has 0 unspecified atom stereocenters. The molecule has 0 atom stereocenters. The molecule has 7 heteroatoms. The summed E-state index contributed by atoms with van der Waals surface area (Å²) in [5.74, 6) is 1.69. The number of rotatable bonds is 5. The normalized spacial score (nSPS) is 14.9. The number of benzene rings is 2. The van der Waals surface area contributed by atoms with E-state index in [1.165, 1.54) is 16.9 Å². The third kappa shape index (κ3) is 4.97. The molecule has 0 aliphatic carbocycles. The summed E-state index contributed by atoms with van der Waals surface area (Å²) in [6.45, 7) is 3.95. The van der Waals surface area contributed by atoms with Crippen LogP contribution < -0.4 is 0 Å². The molecule has 4 nitrogen and oxygen atoms in total. The van der Waals surface area contributed by atoms with Crippen molar-refractivity contribution in [2.24, 2.45) is 5.92 Å². The lowest BCUT2D eigenvalue weighted by Crippen LogP contribution is -2.37. The molecule has 2 aromatic carbocycles. The highest BCUT2D eigenvalue weighted by molar-refractivity contribution is 8.00. The van der Waals surface area contributed by atoms with Crippen molar-refractivity contribution in [3.8, 4) is 5.69 Å². The number of hydrogen-bond acceptors (Lipinski definition) is 5. The number of aromatic nitrogens is 2. The predicted octanol–water partition coefficient (Wildman–Crippen LogP) is 5.83. The van der Waals surface area contributed by atoms with Crippen molar-refractivity contribution < 1.29 is 4.79 Å². The second kappa shape index (κ2) is 9.24. The Balaban J connectivity index is 1.44. The van der Waals surface area contributed by atoms with Crippen molar-refractivity contribution >= 4 is 41.2 Å². The minimum Gasteiger partial charge on any atom is -0.339 e. The first-order valence-electron chi connectivity index (χ1n) is 9.77. The summed E-state index contributed by atoms with van der Waals surface area (Å²) < 4.78 is 3.44. The van der Waals surface area contributed by atoms with Crippen LogP contribution in [0, 0.1) is 9.87 Å². The zero-order valence-corrected chi connectivity index (χ0v) is 18.7. The van der Waals surface area contributed by atoms with Gasteiger partial charge in [-0.2, -0.15) is 0 Å². The largest absolute Gasteiger partial charge is 0.339 e. The third-order valence-electron chi connectivity index (χ3n) is 5.16. The maximum absolute atomic E-state index is 12.7. The molecule has 0 spiro atoms. The quantitative estimate of drug-likeness (QED) is 0.369. The van der Waals surface area contributed by atoms with Crippen LogP contribution in [0.1, 0.15) is 35.7 Å². The summed E-state index contributed by atoms with van der Waals surface area (Å²) in [7, 11) is 0. The fourth-order valence-electron chi connectivity index (χ4n) is 3.34. The van der Waals surface area contributed by atoms with E-state index in [0.717, 1.165) is 47.3 Å². The van der Waals surface area contributed by atoms with Gasteiger partial charge in [-0.15, -0.1) is 5.10 Å². The summed E-state index contributed by atoms with van der Waals surface area (Å²) in [6.07, 6.45) is 2.17. The molecule has 4 rings (SSSR count). The molecule has 1 fully saturated rings. The Labute approximate surface area is 184 Å². The van der Waals surface area contributed by atoms with Crippen molar-refractivity contribution in [1.29, 1.82) is 0 Å². The van der Waals surface area contributed by atoms with Crippen molar-refractivity contribution in [3.05, 3.63) is 69.7 Å². The lowest BCUT2D eigenvalue weighted by Gasteiger charge is -2.30. The summed E-state index contributed by atoms with van der Waals surface area (Å²) in [4.78, 5) is 14.7. The van der Waals surface area contributed by atoms with Crippen LogP contribution in [0.5, 0.6) is 0 Å². The molecule has 3 aromatic rings. The van der Waals surface area contributed by atoms with Gasteiger partial charge in [0.2, 0.25) is 0 Å². The Morgan fingerprint density at radius 1 is 1.14 bits per heavy atom. The van der Waals surface area contributed by atoms with Crippen molar-refractivity contribution in [2.45, 2.75) is 29.9 Å². The van der Waals surface area contributed by atoms with Crippen molar-refractivity contribution in [2.75, 3.05) is 13.1 Å². The van der Waals surface area contributed by atoms with Gasteiger partial charge < -0.3 is 4.90 Å². The molecule has 1 aromatic heterocycles. The summed E-state index contributed by atoms with van der Waals surface area (Å²) in [5, 5.41) is 4.67. The van der Waals surface area contributed by atoms with Crippen LogP contribution in [0.2, 0.25) is 0 Å². The Morgan fingerprint density at radius 2 is 1.83 bits per heavy atom. The van der Waals surface area contributed by atoms with Gasteiger partial charge in [0.15, 0.2) is 8.29 Å². The number of amides is 1. The second-order valence-corrected chi connectivity index (χ2v) is 10.2. The average Bonchev–Trinajstić information content (AvgIpc) is 3.14. The standard InChI is InChI=1S/C22H23N3OS3/c1-16-11-13-24(14-12-16)20(26)18-7-9-19(10-8-18)25-22(27)29-21(23-25)28-15-17-5-3-2-4-6-17/h2-10,16H,11-15H2,1H3. The van der Waals surface area contributed by atoms with E-state index in [9.17, 15) is 4.79 Å². The van der Waals surface area contributed by atoms with E-state index in [2.05, 4.69) is 24.2 Å². The first kappa shape index (κ1) is 20.3. The number of likely N-dealkylation sites (tertiary alicyclic amines) is 1. The van der Waals surface area contributed by atoms with E-state index >= 15 is 0 Å². The highest BCUT2D eigenvalue weighted by Crippen LogP contribution is 2.27. The van der Waals surface area contributed by atoms with Crippen LogP contribution in [0.15, 0.2) is 58.9 Å². The third-order valence-corrected chi connectivity index (χ3v) is 7.60. The van der Waals surface area contributed by atoms with Gasteiger partial charge in [0.05, 0.1) is 5.69 Å². The van der Waals surface area contributed by atoms with Crippen LogP contribution in [-0.2, 0) is 5.75 Å². The molecule has 150 valence electrons. The molecule has 1 amide bonds. The van der Waals surface area contributed by atoms with E-state index in [0.29, 0.717) is 9.87 Å². The van der Waals surface area contributed by atoms with Gasteiger partial charge in [-0.3, -0.25) is 4.79 Å². The molecular weight excluding hydrogens is 418 g/mol. The summed E-state index contributed by atoms with van der Waals surface area (Å²) >= 11 is 8.72.